The summed E-state index contributed by atoms with van der Waals surface area (Å²) in [6, 6.07) is 3.93. The Morgan fingerprint density at radius 1 is 1.45 bits per heavy atom. The molecule has 0 aliphatic heterocycles. The molecule has 0 spiro atoms. The molecule has 0 fully saturated rings. The van der Waals surface area contributed by atoms with Gasteiger partial charge in [0.1, 0.15) is 11.8 Å². The molecule has 2 aromatic rings. The van der Waals surface area contributed by atoms with Gasteiger partial charge in [-0.25, -0.2) is 0 Å². The van der Waals surface area contributed by atoms with Crippen LogP contribution in [-0.4, -0.2) is 20.8 Å². The fraction of sp³-hybridized carbons (Fsp3) is 0.231. The SMILES string of the molecule is CCC(C(=O)Nc1cc(Cl)ccc1O)n1cc(Cl)cn1. The molecule has 0 radical (unpaired) electrons. The second-order valence-electron chi connectivity index (χ2n) is 4.21. The number of aromatic nitrogens is 2. The van der Waals surface area contributed by atoms with E-state index in [1.807, 2.05) is 6.92 Å². The minimum absolute atomic E-state index is 0.0453. The Labute approximate surface area is 126 Å². The van der Waals surface area contributed by atoms with Gasteiger partial charge in [0.2, 0.25) is 5.91 Å². The second-order valence-corrected chi connectivity index (χ2v) is 5.09. The summed E-state index contributed by atoms with van der Waals surface area (Å²) in [6.07, 6.45) is 3.58. The van der Waals surface area contributed by atoms with Gasteiger partial charge in [-0.2, -0.15) is 5.10 Å². The lowest BCUT2D eigenvalue weighted by Gasteiger charge is -2.16. The summed E-state index contributed by atoms with van der Waals surface area (Å²) in [7, 11) is 0. The third-order valence-corrected chi connectivity index (χ3v) is 3.23. The van der Waals surface area contributed by atoms with E-state index in [0.717, 1.165) is 0 Å². The van der Waals surface area contributed by atoms with Crippen LogP contribution in [0.25, 0.3) is 0 Å². The number of hydrogen-bond acceptors (Lipinski definition) is 3. The van der Waals surface area contributed by atoms with Gasteiger partial charge in [-0.05, 0) is 24.6 Å². The predicted molar refractivity (Wildman–Crippen MR) is 78.3 cm³/mol. The Bertz CT molecular complexity index is 628. The summed E-state index contributed by atoms with van der Waals surface area (Å²) in [5.41, 5.74) is 0.263. The first-order chi connectivity index (χ1) is 9.51. The number of hydrogen-bond donors (Lipinski definition) is 2. The molecule has 1 aromatic heterocycles. The van der Waals surface area contributed by atoms with Crippen LogP contribution < -0.4 is 5.32 Å². The fourth-order valence-corrected chi connectivity index (χ4v) is 2.12. The molecule has 0 aliphatic carbocycles. The van der Waals surface area contributed by atoms with Crippen LogP contribution >= 0.6 is 23.2 Å². The van der Waals surface area contributed by atoms with Crippen LogP contribution in [0.4, 0.5) is 5.69 Å². The van der Waals surface area contributed by atoms with E-state index >= 15 is 0 Å². The summed E-state index contributed by atoms with van der Waals surface area (Å²) in [4.78, 5) is 12.2. The lowest BCUT2D eigenvalue weighted by Crippen LogP contribution is -2.25. The Kier molecular flexibility index (Phi) is 4.52. The zero-order valence-corrected chi connectivity index (χ0v) is 12.2. The van der Waals surface area contributed by atoms with E-state index < -0.39 is 6.04 Å². The molecule has 0 saturated carbocycles. The van der Waals surface area contributed by atoms with Crippen LogP contribution in [0.5, 0.6) is 5.75 Å². The van der Waals surface area contributed by atoms with Crippen molar-refractivity contribution in [1.29, 1.82) is 0 Å². The first-order valence-corrected chi connectivity index (χ1v) is 6.76. The molecule has 0 saturated heterocycles. The van der Waals surface area contributed by atoms with Crippen LogP contribution in [0.1, 0.15) is 19.4 Å². The molecule has 2 rings (SSSR count). The number of rotatable bonds is 4. The number of amides is 1. The molecule has 2 N–H and O–H groups in total. The molecule has 5 nitrogen and oxygen atoms in total. The average molecular weight is 314 g/mol. The van der Waals surface area contributed by atoms with E-state index in [2.05, 4.69) is 10.4 Å². The van der Waals surface area contributed by atoms with Gasteiger partial charge in [0.15, 0.2) is 0 Å². The maximum atomic E-state index is 12.2. The van der Waals surface area contributed by atoms with Crippen molar-refractivity contribution in [3.8, 4) is 5.75 Å². The van der Waals surface area contributed by atoms with E-state index in [1.54, 1.807) is 6.20 Å². The first kappa shape index (κ1) is 14.7. The molecule has 1 unspecified atom stereocenters. The number of phenolic OH excluding ortho intramolecular Hbond substituents is 1. The van der Waals surface area contributed by atoms with E-state index in [9.17, 15) is 9.90 Å². The van der Waals surface area contributed by atoms with Crippen molar-refractivity contribution in [3.63, 3.8) is 0 Å². The van der Waals surface area contributed by atoms with Gasteiger partial charge in [0, 0.05) is 11.2 Å². The molecule has 106 valence electrons. The minimum Gasteiger partial charge on any atom is -0.506 e. The Morgan fingerprint density at radius 3 is 2.80 bits per heavy atom. The van der Waals surface area contributed by atoms with Crippen molar-refractivity contribution in [3.05, 3.63) is 40.6 Å². The largest absolute Gasteiger partial charge is 0.506 e. The highest BCUT2D eigenvalue weighted by Gasteiger charge is 2.20. The molecule has 1 heterocycles. The summed E-state index contributed by atoms with van der Waals surface area (Å²) in [6.45, 7) is 1.86. The summed E-state index contributed by atoms with van der Waals surface area (Å²) >= 11 is 11.6. The lowest BCUT2D eigenvalue weighted by molar-refractivity contribution is -0.119. The molecule has 0 aliphatic rings. The Hall–Kier alpha value is -1.72. The maximum absolute atomic E-state index is 12.2. The highest BCUT2D eigenvalue weighted by Crippen LogP contribution is 2.27. The number of carbonyl (C=O) groups is 1. The lowest BCUT2D eigenvalue weighted by atomic mass is 10.2. The Morgan fingerprint density at radius 2 is 2.20 bits per heavy atom. The van der Waals surface area contributed by atoms with Crippen LogP contribution in [0.2, 0.25) is 10.0 Å². The minimum atomic E-state index is -0.513. The topological polar surface area (TPSA) is 67.2 Å². The van der Waals surface area contributed by atoms with Crippen molar-refractivity contribution in [1.82, 2.24) is 9.78 Å². The highest BCUT2D eigenvalue weighted by atomic mass is 35.5. The van der Waals surface area contributed by atoms with Crippen molar-refractivity contribution >= 4 is 34.8 Å². The van der Waals surface area contributed by atoms with Gasteiger partial charge >= 0.3 is 0 Å². The normalized spacial score (nSPS) is 12.2. The van der Waals surface area contributed by atoms with Crippen molar-refractivity contribution < 1.29 is 9.90 Å². The van der Waals surface area contributed by atoms with Crippen molar-refractivity contribution in [2.45, 2.75) is 19.4 Å². The molecule has 1 amide bonds. The van der Waals surface area contributed by atoms with Crippen molar-refractivity contribution in [2.24, 2.45) is 0 Å². The first-order valence-electron chi connectivity index (χ1n) is 6.00. The van der Waals surface area contributed by atoms with Crippen molar-refractivity contribution in [2.75, 3.05) is 5.32 Å². The molecule has 1 atom stereocenters. The van der Waals surface area contributed by atoms with E-state index in [-0.39, 0.29) is 17.3 Å². The monoisotopic (exact) mass is 313 g/mol. The number of aromatic hydroxyl groups is 1. The van der Waals surface area contributed by atoms with Crippen LogP contribution in [0.3, 0.4) is 0 Å². The summed E-state index contributed by atoms with van der Waals surface area (Å²) in [5, 5.41) is 17.2. The number of nitrogens with one attached hydrogen (secondary N) is 1. The summed E-state index contributed by atoms with van der Waals surface area (Å²) < 4.78 is 1.49. The summed E-state index contributed by atoms with van der Waals surface area (Å²) in [5.74, 6) is -0.346. The maximum Gasteiger partial charge on any atom is 0.249 e. The molecular formula is C13H13Cl2N3O2. The zero-order chi connectivity index (χ0) is 14.7. The molecule has 1 aromatic carbocycles. The molecular weight excluding hydrogens is 301 g/mol. The van der Waals surface area contributed by atoms with E-state index in [0.29, 0.717) is 16.5 Å². The Balaban J connectivity index is 2.19. The van der Waals surface area contributed by atoms with Crippen LogP contribution in [0.15, 0.2) is 30.6 Å². The number of halogens is 2. The van der Waals surface area contributed by atoms with E-state index in [4.69, 9.17) is 23.2 Å². The third kappa shape index (κ3) is 3.23. The number of nitrogens with zero attached hydrogens (tertiary/aromatic N) is 2. The smallest absolute Gasteiger partial charge is 0.249 e. The number of anilines is 1. The van der Waals surface area contributed by atoms with Gasteiger partial charge in [-0.1, -0.05) is 30.1 Å². The van der Waals surface area contributed by atoms with Crippen LogP contribution in [0, 0.1) is 0 Å². The van der Waals surface area contributed by atoms with Gasteiger partial charge in [0.25, 0.3) is 0 Å². The van der Waals surface area contributed by atoms with Crippen LogP contribution in [-0.2, 0) is 4.79 Å². The van der Waals surface area contributed by atoms with Gasteiger partial charge in [0.05, 0.1) is 16.9 Å². The third-order valence-electron chi connectivity index (χ3n) is 2.80. The van der Waals surface area contributed by atoms with E-state index in [1.165, 1.54) is 29.1 Å². The second kappa shape index (κ2) is 6.15. The predicted octanol–water partition coefficient (Wildman–Crippen LogP) is 3.49. The fourth-order valence-electron chi connectivity index (χ4n) is 1.80. The molecule has 20 heavy (non-hydrogen) atoms. The molecule has 0 bridgehead atoms. The van der Waals surface area contributed by atoms with Gasteiger partial charge in [-0.3, -0.25) is 9.48 Å². The number of carbonyl (C=O) groups excluding carboxylic acids is 1. The standard InChI is InChI=1S/C13H13Cl2N3O2/c1-2-11(18-7-9(15)6-16-18)13(20)17-10-5-8(14)3-4-12(10)19/h3-7,11,19H,2H2,1H3,(H,17,20). The highest BCUT2D eigenvalue weighted by molar-refractivity contribution is 6.31. The average Bonchev–Trinajstić information content (AvgIpc) is 2.81. The van der Waals surface area contributed by atoms with Gasteiger partial charge < -0.3 is 10.4 Å². The quantitative estimate of drug-likeness (QED) is 0.849. The molecule has 7 heteroatoms. The zero-order valence-electron chi connectivity index (χ0n) is 10.7. The number of benzene rings is 1. The van der Waals surface area contributed by atoms with Gasteiger partial charge in [-0.15, -0.1) is 0 Å². The number of phenols is 1.